The van der Waals surface area contributed by atoms with Gasteiger partial charge in [-0.1, -0.05) is 74.5 Å². The highest BCUT2D eigenvalue weighted by molar-refractivity contribution is 8.00. The van der Waals surface area contributed by atoms with E-state index in [0.29, 0.717) is 33.8 Å². The molecule has 0 radical (unpaired) electrons. The van der Waals surface area contributed by atoms with Crippen molar-refractivity contribution in [2.45, 2.75) is 73.9 Å². The van der Waals surface area contributed by atoms with Gasteiger partial charge in [-0.3, -0.25) is 29.8 Å². The molecule has 10 atom stereocenters. The number of nitrogens with one attached hydrogen (secondary N) is 4. The van der Waals surface area contributed by atoms with E-state index in [1.165, 1.54) is 47.5 Å². The lowest BCUT2D eigenvalue weighted by Gasteiger charge is -2.53. The van der Waals surface area contributed by atoms with Crippen molar-refractivity contribution >= 4 is 59.1 Å². The number of carbonyl (C=O) groups excluding carboxylic acids is 4. The van der Waals surface area contributed by atoms with Crippen LogP contribution in [0.4, 0.5) is 0 Å². The molecule has 4 aliphatic heterocycles. The molecule has 0 saturated carbocycles. The SMILES string of the molecule is COc1cc(CN[C@H](C(=O)N[C@H]2C(=O)N3C(C(=O)O)C(C)CSC23)c2ccccc2)cc(-c2cc(CN[C@@H](C(=O)N[C@@H]3C(=O)N4C(C(=O)O)C(C)CSC34)c3ccccc3)cc(OC)c2O)c1O. The van der Waals surface area contributed by atoms with Crippen LogP contribution in [0, 0.1) is 11.8 Å². The van der Waals surface area contributed by atoms with E-state index in [1.807, 2.05) is 0 Å². The molecule has 4 saturated heterocycles. The maximum atomic E-state index is 14.1. The molecule has 0 aromatic heterocycles. The number of fused-ring (bicyclic) bond motifs is 2. The average molecular weight is 969 g/mol. The molecular weight excluding hydrogens is 917 g/mol. The lowest BCUT2D eigenvalue weighted by atomic mass is 9.94. The molecule has 4 aliphatic rings. The first-order chi connectivity index (χ1) is 32.6. The average Bonchev–Trinajstić information content (AvgIpc) is 3.33. The number of nitrogens with zero attached hydrogens (tertiary/aromatic N) is 2. The number of aliphatic carboxylic acids is 2. The van der Waals surface area contributed by atoms with Crippen molar-refractivity contribution in [1.82, 2.24) is 31.1 Å². The van der Waals surface area contributed by atoms with Crippen LogP contribution in [-0.2, 0) is 41.9 Å². The molecule has 8 rings (SSSR count). The van der Waals surface area contributed by atoms with Crippen molar-refractivity contribution in [3.05, 3.63) is 107 Å². The second kappa shape index (κ2) is 20.0. The lowest BCUT2D eigenvalue weighted by molar-refractivity contribution is -0.165. The lowest BCUT2D eigenvalue weighted by Crippen LogP contribution is -2.75. The second-order valence-corrected chi connectivity index (χ2v) is 19.6. The highest BCUT2D eigenvalue weighted by atomic mass is 32.2. The van der Waals surface area contributed by atoms with Gasteiger partial charge in [-0.05, 0) is 58.4 Å². The number of carbonyl (C=O) groups is 6. The number of carboxylic acid groups (broad SMARTS) is 2. The highest BCUT2D eigenvalue weighted by Crippen LogP contribution is 2.46. The summed E-state index contributed by atoms with van der Waals surface area (Å²) < 4.78 is 11.2. The monoisotopic (exact) mass is 968 g/mol. The van der Waals surface area contributed by atoms with E-state index in [1.54, 1.807) is 98.8 Å². The number of benzene rings is 4. The number of methoxy groups -OCH3 is 2. The van der Waals surface area contributed by atoms with Crippen molar-refractivity contribution in [2.24, 2.45) is 11.8 Å². The zero-order valence-corrected chi connectivity index (χ0v) is 39.1. The van der Waals surface area contributed by atoms with E-state index < -0.39 is 82.6 Å². The Morgan fingerprint density at radius 3 is 1.34 bits per heavy atom. The van der Waals surface area contributed by atoms with Crippen LogP contribution in [0.2, 0.25) is 0 Å². The molecule has 0 spiro atoms. The Labute approximate surface area is 400 Å². The van der Waals surface area contributed by atoms with Crippen LogP contribution in [0.3, 0.4) is 0 Å². The van der Waals surface area contributed by atoms with Gasteiger partial charge in [0.25, 0.3) is 0 Å². The third kappa shape index (κ3) is 9.12. The summed E-state index contributed by atoms with van der Waals surface area (Å²) in [6.07, 6.45) is 0. The molecule has 4 amide bonds. The summed E-state index contributed by atoms with van der Waals surface area (Å²) in [6, 6.07) is 18.4. The van der Waals surface area contributed by atoms with Crippen molar-refractivity contribution in [3.63, 3.8) is 0 Å². The van der Waals surface area contributed by atoms with Crippen LogP contribution in [0.1, 0.15) is 48.2 Å². The van der Waals surface area contributed by atoms with Gasteiger partial charge in [0, 0.05) is 35.7 Å². The van der Waals surface area contributed by atoms with Crippen LogP contribution < -0.4 is 30.7 Å². The normalized spacial score (nSPS) is 24.8. The van der Waals surface area contributed by atoms with Gasteiger partial charge < -0.3 is 50.3 Å². The van der Waals surface area contributed by atoms with Crippen LogP contribution in [0.15, 0.2) is 84.9 Å². The third-order valence-corrected chi connectivity index (χ3v) is 15.9. The molecule has 4 fully saturated rings. The second-order valence-electron chi connectivity index (χ2n) is 17.3. The number of carboxylic acids is 2. The topological polar surface area (TPSA) is 256 Å². The van der Waals surface area contributed by atoms with Crippen molar-refractivity contribution in [3.8, 4) is 34.1 Å². The van der Waals surface area contributed by atoms with E-state index in [2.05, 4.69) is 21.3 Å². The number of β-lactam (4-membered cyclic amide) rings is 2. The third-order valence-electron chi connectivity index (χ3n) is 12.8. The molecule has 0 bridgehead atoms. The predicted octanol–water partition coefficient (Wildman–Crippen LogP) is 3.42. The Morgan fingerprint density at radius 2 is 1.00 bits per heavy atom. The fraction of sp³-hybridized carbons (Fsp3) is 0.375. The fourth-order valence-electron chi connectivity index (χ4n) is 9.32. The number of aromatic hydroxyl groups is 2. The number of phenolic OH excluding ortho intramolecular Hbond substituents is 2. The van der Waals surface area contributed by atoms with E-state index in [0.717, 1.165) is 0 Å². The summed E-state index contributed by atoms with van der Waals surface area (Å²) >= 11 is 2.85. The van der Waals surface area contributed by atoms with Gasteiger partial charge in [0.1, 0.15) is 47.0 Å². The number of rotatable bonds is 17. The first-order valence-electron chi connectivity index (χ1n) is 21.9. The quantitative estimate of drug-likeness (QED) is 0.0706. The van der Waals surface area contributed by atoms with E-state index in [9.17, 15) is 49.2 Å². The molecular formula is C48H52N6O12S2. The summed E-state index contributed by atoms with van der Waals surface area (Å²) in [6.45, 7) is 3.62. The van der Waals surface area contributed by atoms with Crippen LogP contribution in [0.25, 0.3) is 11.1 Å². The standard InChI is InChI=1S/C48H52N6O12S2/c1-23-21-67-45-35(43(59)53(45)37(23)47(61)62)51-41(57)33(27-11-7-5-8-12-27)49-19-25-15-29(39(55)31(17-25)65-3)30-16-26(18-32(66-4)40(30)56)20-50-34(28-13-9-6-10-14-28)42(58)52-36-44(60)54-38(48(63)64)24(2)22-68-46(36)54/h5-18,23-24,33-38,45-46,49-50,55-56H,19-22H2,1-4H3,(H,51,57)(H,52,58)(H,61,62)(H,63,64)/t23?,24?,33-,34+,35-,36+,37?,38?,45?,46?. The number of hydrogen-bond acceptors (Lipinski definition) is 14. The van der Waals surface area contributed by atoms with Gasteiger partial charge in [0.05, 0.1) is 14.2 Å². The predicted molar refractivity (Wildman–Crippen MR) is 252 cm³/mol. The molecule has 18 nitrogen and oxygen atoms in total. The Bertz CT molecular complexity index is 2430. The van der Waals surface area contributed by atoms with E-state index >= 15 is 0 Å². The van der Waals surface area contributed by atoms with Gasteiger partial charge in [0.2, 0.25) is 23.6 Å². The minimum absolute atomic E-state index is 0.0295. The van der Waals surface area contributed by atoms with Crippen molar-refractivity contribution < 1.29 is 58.7 Å². The maximum absolute atomic E-state index is 14.1. The minimum Gasteiger partial charge on any atom is -0.504 e. The van der Waals surface area contributed by atoms with Gasteiger partial charge in [-0.2, -0.15) is 0 Å². The summed E-state index contributed by atoms with van der Waals surface area (Å²) in [5, 5.41) is 54.0. The van der Waals surface area contributed by atoms with Crippen LogP contribution in [0.5, 0.6) is 23.0 Å². The Morgan fingerprint density at radius 1 is 0.632 bits per heavy atom. The number of phenols is 2. The van der Waals surface area contributed by atoms with E-state index in [4.69, 9.17) is 9.47 Å². The summed E-state index contributed by atoms with van der Waals surface area (Å²) in [5.74, 6) is -4.11. The fourth-order valence-corrected chi connectivity index (χ4v) is 12.2. The number of hydrogen-bond donors (Lipinski definition) is 8. The molecule has 4 aromatic carbocycles. The Balaban J connectivity index is 1.02. The molecule has 8 N–H and O–H groups in total. The number of ether oxygens (including phenoxy) is 2. The molecule has 4 heterocycles. The maximum Gasteiger partial charge on any atom is 0.326 e. The highest BCUT2D eigenvalue weighted by Gasteiger charge is 2.58. The summed E-state index contributed by atoms with van der Waals surface area (Å²) in [5.41, 5.74) is 2.55. The zero-order valence-electron chi connectivity index (χ0n) is 37.5. The molecule has 6 unspecified atom stereocenters. The van der Waals surface area contributed by atoms with Crippen molar-refractivity contribution in [2.75, 3.05) is 25.7 Å². The summed E-state index contributed by atoms with van der Waals surface area (Å²) in [7, 11) is 2.74. The summed E-state index contributed by atoms with van der Waals surface area (Å²) in [4.78, 5) is 81.5. The van der Waals surface area contributed by atoms with E-state index in [-0.39, 0.29) is 59.1 Å². The molecule has 4 aromatic rings. The number of amides is 4. The van der Waals surface area contributed by atoms with Gasteiger partial charge in [-0.25, -0.2) is 9.59 Å². The van der Waals surface area contributed by atoms with Crippen molar-refractivity contribution in [1.29, 1.82) is 0 Å². The smallest absolute Gasteiger partial charge is 0.326 e. The first kappa shape index (κ1) is 48.0. The Kier molecular flexibility index (Phi) is 14.1. The molecule has 358 valence electrons. The van der Waals surface area contributed by atoms with Crippen LogP contribution in [-0.4, -0.2) is 126 Å². The minimum atomic E-state index is -1.09. The van der Waals surface area contributed by atoms with Gasteiger partial charge >= 0.3 is 11.9 Å². The molecule has 68 heavy (non-hydrogen) atoms. The Hall–Kier alpha value is -6.48. The van der Waals surface area contributed by atoms with Gasteiger partial charge in [-0.15, -0.1) is 23.5 Å². The zero-order chi connectivity index (χ0) is 48.6. The van der Waals surface area contributed by atoms with Crippen LogP contribution >= 0.6 is 23.5 Å². The largest absolute Gasteiger partial charge is 0.504 e. The molecule has 0 aliphatic carbocycles. The molecule has 20 heteroatoms. The first-order valence-corrected chi connectivity index (χ1v) is 24.0. The van der Waals surface area contributed by atoms with Gasteiger partial charge in [0.15, 0.2) is 23.0 Å². The number of thioether (sulfide) groups is 2.